The molecule has 1 aromatic rings. The van der Waals surface area contributed by atoms with Crippen LogP contribution in [0.1, 0.15) is 10.4 Å². The van der Waals surface area contributed by atoms with Crippen LogP contribution in [-0.2, 0) is 9.84 Å². The summed E-state index contributed by atoms with van der Waals surface area (Å²) in [6.07, 6.45) is 2.84. The summed E-state index contributed by atoms with van der Waals surface area (Å²) < 4.78 is 22.2. The van der Waals surface area contributed by atoms with E-state index in [9.17, 15) is 13.2 Å². The van der Waals surface area contributed by atoms with Gasteiger partial charge in [-0.25, -0.2) is 8.42 Å². The average molecular weight is 234 g/mol. The van der Waals surface area contributed by atoms with Crippen molar-refractivity contribution in [3.63, 3.8) is 0 Å². The quantitative estimate of drug-likeness (QED) is 0.578. The fourth-order valence-corrected chi connectivity index (χ4v) is 2.59. The Hall–Kier alpha value is -1.68. The lowest BCUT2D eigenvalue weighted by atomic mass is 10.1. The Bertz CT molecular complexity index is 566. The molecule has 3 nitrogen and oxygen atoms in total. The summed E-state index contributed by atoms with van der Waals surface area (Å²) >= 11 is 0. The highest BCUT2D eigenvalue weighted by Crippen LogP contribution is 2.14. The molecule has 0 saturated heterocycles. The molecule has 82 valence electrons. The largest absolute Gasteiger partial charge is 0.289 e. The summed E-state index contributed by atoms with van der Waals surface area (Å²) in [7, 11) is -3.12. The van der Waals surface area contributed by atoms with Crippen molar-refractivity contribution in [3.8, 4) is 0 Å². The zero-order chi connectivity index (χ0) is 11.6. The average Bonchev–Trinajstić information content (AvgIpc) is 2.59. The molecule has 0 amide bonds. The molecular formula is C12H10O3S. The zero-order valence-electron chi connectivity index (χ0n) is 8.46. The molecular weight excluding hydrogens is 224 g/mol. The maximum atomic E-state index is 11.7. The van der Waals surface area contributed by atoms with Crippen molar-refractivity contribution in [2.24, 2.45) is 0 Å². The molecule has 1 aromatic carbocycles. The molecule has 4 heteroatoms. The summed E-state index contributed by atoms with van der Waals surface area (Å²) in [6, 6.07) is 8.77. The molecule has 0 spiro atoms. The third kappa shape index (κ3) is 2.46. The standard InChI is InChI=1S/C12H10O3S/c13-12(11-4-2-1-3-5-11)8-10-6-7-16(14,15)9-10/h1-8H,9H2/b10-8-. The topological polar surface area (TPSA) is 51.2 Å². The van der Waals surface area contributed by atoms with Gasteiger partial charge in [-0.15, -0.1) is 0 Å². The van der Waals surface area contributed by atoms with E-state index in [1.165, 1.54) is 12.2 Å². The predicted molar refractivity (Wildman–Crippen MR) is 61.8 cm³/mol. The Morgan fingerprint density at radius 3 is 2.44 bits per heavy atom. The van der Waals surface area contributed by atoms with Gasteiger partial charge in [0.25, 0.3) is 0 Å². The van der Waals surface area contributed by atoms with E-state index >= 15 is 0 Å². The molecule has 1 aliphatic heterocycles. The molecule has 0 radical (unpaired) electrons. The number of hydrogen-bond donors (Lipinski definition) is 0. The van der Waals surface area contributed by atoms with Crippen LogP contribution >= 0.6 is 0 Å². The Labute approximate surface area is 94.0 Å². The summed E-state index contributed by atoms with van der Waals surface area (Å²) in [4.78, 5) is 11.7. The van der Waals surface area contributed by atoms with Crippen molar-refractivity contribution in [1.82, 2.24) is 0 Å². The summed E-state index contributed by atoms with van der Waals surface area (Å²) in [6.45, 7) is 0. The van der Waals surface area contributed by atoms with Gasteiger partial charge in [0.15, 0.2) is 15.6 Å². The third-order valence-electron chi connectivity index (χ3n) is 2.23. The second kappa shape index (κ2) is 4.06. The Morgan fingerprint density at radius 1 is 1.19 bits per heavy atom. The van der Waals surface area contributed by atoms with Crippen LogP contribution in [0.15, 0.2) is 53.5 Å². The first-order chi connectivity index (χ1) is 7.57. The van der Waals surface area contributed by atoms with E-state index in [1.54, 1.807) is 24.3 Å². The number of sulfone groups is 1. The van der Waals surface area contributed by atoms with E-state index in [0.717, 1.165) is 5.41 Å². The van der Waals surface area contributed by atoms with E-state index in [0.29, 0.717) is 11.1 Å². The van der Waals surface area contributed by atoms with Crippen LogP contribution < -0.4 is 0 Å². The molecule has 16 heavy (non-hydrogen) atoms. The highest BCUT2D eigenvalue weighted by Gasteiger charge is 2.16. The van der Waals surface area contributed by atoms with Gasteiger partial charge in [0, 0.05) is 11.0 Å². The normalized spacial score (nSPS) is 20.1. The fraction of sp³-hybridized carbons (Fsp3) is 0.0833. The molecule has 0 aliphatic carbocycles. The highest BCUT2D eigenvalue weighted by molar-refractivity contribution is 7.94. The van der Waals surface area contributed by atoms with Gasteiger partial charge >= 0.3 is 0 Å². The minimum atomic E-state index is -3.12. The molecule has 2 rings (SSSR count). The Balaban J connectivity index is 2.22. The summed E-state index contributed by atoms with van der Waals surface area (Å²) in [5, 5.41) is 1.14. The fourth-order valence-electron chi connectivity index (χ4n) is 1.46. The van der Waals surface area contributed by atoms with Crippen LogP contribution in [0.4, 0.5) is 0 Å². The van der Waals surface area contributed by atoms with E-state index < -0.39 is 9.84 Å². The van der Waals surface area contributed by atoms with Gasteiger partial charge in [0.1, 0.15) is 0 Å². The van der Waals surface area contributed by atoms with E-state index in [1.807, 2.05) is 6.07 Å². The van der Waals surface area contributed by atoms with Crippen LogP contribution in [0.2, 0.25) is 0 Å². The lowest BCUT2D eigenvalue weighted by Gasteiger charge is -1.95. The smallest absolute Gasteiger partial charge is 0.186 e. The first-order valence-electron chi connectivity index (χ1n) is 4.78. The molecule has 0 saturated carbocycles. The number of carbonyl (C=O) groups is 1. The SMILES string of the molecule is O=C(/C=C1/C=CS(=O)(=O)C1)c1ccccc1. The van der Waals surface area contributed by atoms with E-state index in [-0.39, 0.29) is 11.5 Å². The molecule has 0 fully saturated rings. The van der Waals surface area contributed by atoms with Gasteiger partial charge in [-0.1, -0.05) is 30.3 Å². The van der Waals surface area contributed by atoms with Crippen LogP contribution in [-0.4, -0.2) is 20.0 Å². The Kier molecular flexibility index (Phi) is 2.75. The number of carbonyl (C=O) groups excluding carboxylic acids is 1. The Morgan fingerprint density at radius 2 is 1.88 bits per heavy atom. The predicted octanol–water partition coefficient (Wildman–Crippen LogP) is 1.74. The van der Waals surface area contributed by atoms with Crippen LogP contribution in [0, 0.1) is 0 Å². The van der Waals surface area contributed by atoms with Crippen molar-refractivity contribution < 1.29 is 13.2 Å². The van der Waals surface area contributed by atoms with Gasteiger partial charge in [0.2, 0.25) is 0 Å². The van der Waals surface area contributed by atoms with Gasteiger partial charge in [-0.3, -0.25) is 4.79 Å². The molecule has 0 aromatic heterocycles. The van der Waals surface area contributed by atoms with Crippen LogP contribution in [0.25, 0.3) is 0 Å². The van der Waals surface area contributed by atoms with Gasteiger partial charge in [-0.05, 0) is 17.7 Å². The van der Waals surface area contributed by atoms with Crippen LogP contribution in [0.3, 0.4) is 0 Å². The molecule has 1 heterocycles. The highest BCUT2D eigenvalue weighted by atomic mass is 32.2. The minimum Gasteiger partial charge on any atom is -0.289 e. The number of ketones is 1. The second-order valence-corrected chi connectivity index (χ2v) is 5.45. The van der Waals surface area contributed by atoms with Crippen LogP contribution in [0.5, 0.6) is 0 Å². The van der Waals surface area contributed by atoms with Gasteiger partial charge < -0.3 is 0 Å². The molecule has 0 bridgehead atoms. The maximum absolute atomic E-state index is 11.7. The monoisotopic (exact) mass is 234 g/mol. The number of allylic oxidation sites excluding steroid dienone is 2. The van der Waals surface area contributed by atoms with Crippen molar-refractivity contribution in [1.29, 1.82) is 0 Å². The minimum absolute atomic E-state index is 0.0778. The first kappa shape index (κ1) is 10.8. The molecule has 0 atom stereocenters. The lowest BCUT2D eigenvalue weighted by molar-refractivity contribution is 0.104. The van der Waals surface area contributed by atoms with Gasteiger partial charge in [-0.2, -0.15) is 0 Å². The zero-order valence-corrected chi connectivity index (χ0v) is 9.28. The van der Waals surface area contributed by atoms with Crippen molar-refractivity contribution in [2.75, 3.05) is 5.75 Å². The number of benzene rings is 1. The third-order valence-corrected chi connectivity index (χ3v) is 3.52. The molecule has 0 unspecified atom stereocenters. The summed E-state index contributed by atoms with van der Waals surface area (Å²) in [5.74, 6) is -0.247. The second-order valence-electron chi connectivity index (χ2n) is 3.56. The molecule has 0 N–H and O–H groups in total. The first-order valence-corrected chi connectivity index (χ1v) is 6.49. The lowest BCUT2D eigenvalue weighted by Crippen LogP contribution is -2.00. The van der Waals surface area contributed by atoms with Crippen molar-refractivity contribution in [2.45, 2.75) is 0 Å². The van der Waals surface area contributed by atoms with E-state index in [2.05, 4.69) is 0 Å². The molecule has 1 aliphatic rings. The van der Waals surface area contributed by atoms with Gasteiger partial charge in [0.05, 0.1) is 5.75 Å². The maximum Gasteiger partial charge on any atom is 0.186 e. The van der Waals surface area contributed by atoms with Crippen molar-refractivity contribution >= 4 is 15.6 Å². The number of rotatable bonds is 2. The number of hydrogen-bond acceptors (Lipinski definition) is 3. The van der Waals surface area contributed by atoms with Crippen molar-refractivity contribution in [3.05, 3.63) is 59.0 Å². The summed E-state index contributed by atoms with van der Waals surface area (Å²) in [5.41, 5.74) is 1.10. The van der Waals surface area contributed by atoms with E-state index in [4.69, 9.17) is 0 Å².